The molecule has 1 saturated heterocycles. The van der Waals surface area contributed by atoms with Crippen LogP contribution in [0.3, 0.4) is 0 Å². The van der Waals surface area contributed by atoms with Crippen LogP contribution < -0.4 is 5.32 Å². The first-order chi connectivity index (χ1) is 10.6. The molecule has 0 aromatic carbocycles. The first-order valence-electron chi connectivity index (χ1n) is 8.21. The Balaban J connectivity index is 1.93. The Morgan fingerprint density at radius 3 is 3.05 bits per heavy atom. The van der Waals surface area contributed by atoms with Crippen LogP contribution in [0.25, 0.3) is 0 Å². The van der Waals surface area contributed by atoms with Crippen LogP contribution in [0.15, 0.2) is 17.4 Å². The highest BCUT2D eigenvalue weighted by Crippen LogP contribution is 2.21. The minimum Gasteiger partial charge on any atom is -0.349 e. The third-order valence-electron chi connectivity index (χ3n) is 3.87. The van der Waals surface area contributed by atoms with Gasteiger partial charge in [0.25, 0.3) is 0 Å². The summed E-state index contributed by atoms with van der Waals surface area (Å²) < 4.78 is 2.23. The molecule has 1 aromatic rings. The van der Waals surface area contributed by atoms with E-state index in [0.717, 1.165) is 43.2 Å². The molecule has 0 radical (unpaired) electrons. The summed E-state index contributed by atoms with van der Waals surface area (Å²) in [6, 6.07) is 0. The number of thioether (sulfide) groups is 1. The molecule has 1 N–H and O–H groups in total. The number of imidazole rings is 1. The summed E-state index contributed by atoms with van der Waals surface area (Å²) in [5.41, 5.74) is 0. The summed E-state index contributed by atoms with van der Waals surface area (Å²) in [6.45, 7) is 10.6. The Bertz CT molecular complexity index is 483. The van der Waals surface area contributed by atoms with E-state index in [1.807, 2.05) is 13.2 Å². The molecule has 1 fully saturated rings. The zero-order valence-corrected chi connectivity index (χ0v) is 15.1. The molecule has 0 saturated carbocycles. The first kappa shape index (κ1) is 17.2. The Morgan fingerprint density at radius 2 is 2.36 bits per heavy atom. The molecule has 5 nitrogen and oxygen atoms in total. The van der Waals surface area contributed by atoms with Gasteiger partial charge < -0.3 is 14.8 Å². The predicted octanol–water partition coefficient (Wildman–Crippen LogP) is 2.44. The number of guanidine groups is 1. The van der Waals surface area contributed by atoms with Gasteiger partial charge in [-0.2, -0.15) is 11.8 Å². The van der Waals surface area contributed by atoms with E-state index in [-0.39, 0.29) is 0 Å². The van der Waals surface area contributed by atoms with E-state index in [0.29, 0.717) is 5.92 Å². The maximum Gasteiger partial charge on any atom is 0.194 e. The third-order valence-corrected chi connectivity index (χ3v) is 5.25. The van der Waals surface area contributed by atoms with E-state index in [2.05, 4.69) is 63.5 Å². The molecule has 1 aliphatic heterocycles. The summed E-state index contributed by atoms with van der Waals surface area (Å²) in [7, 11) is 1.87. The molecule has 1 aromatic heterocycles. The molecule has 0 spiro atoms. The highest BCUT2D eigenvalue weighted by Gasteiger charge is 2.21. The minimum atomic E-state index is 0.622. The lowest BCUT2D eigenvalue weighted by Crippen LogP contribution is -2.47. The summed E-state index contributed by atoms with van der Waals surface area (Å²) in [6.07, 6.45) is 5.16. The molecule has 0 amide bonds. The number of rotatable bonds is 5. The van der Waals surface area contributed by atoms with Crippen molar-refractivity contribution in [3.8, 4) is 0 Å². The van der Waals surface area contributed by atoms with Crippen LogP contribution in [-0.4, -0.2) is 51.6 Å². The maximum atomic E-state index is 4.47. The fourth-order valence-corrected chi connectivity index (χ4v) is 3.90. The van der Waals surface area contributed by atoms with Crippen molar-refractivity contribution in [2.75, 3.05) is 25.9 Å². The molecule has 1 unspecified atom stereocenters. The molecular formula is C16H29N5S. The van der Waals surface area contributed by atoms with Gasteiger partial charge in [-0.25, -0.2) is 4.98 Å². The van der Waals surface area contributed by atoms with Crippen LogP contribution in [-0.2, 0) is 13.1 Å². The van der Waals surface area contributed by atoms with E-state index >= 15 is 0 Å². The normalized spacial score (nSPS) is 19.8. The smallest absolute Gasteiger partial charge is 0.194 e. The minimum absolute atomic E-state index is 0.622. The highest BCUT2D eigenvalue weighted by molar-refractivity contribution is 8.00. The van der Waals surface area contributed by atoms with Crippen LogP contribution in [0.2, 0.25) is 0 Å². The van der Waals surface area contributed by atoms with Gasteiger partial charge in [-0.3, -0.25) is 4.99 Å². The summed E-state index contributed by atoms with van der Waals surface area (Å²) in [5, 5.41) is 4.20. The number of nitrogens with one attached hydrogen (secondary N) is 1. The lowest BCUT2D eigenvalue weighted by molar-refractivity contribution is 0.406. The summed E-state index contributed by atoms with van der Waals surface area (Å²) in [5.74, 6) is 3.88. The second-order valence-electron chi connectivity index (χ2n) is 6.14. The number of aliphatic imine (C=N–C) groups is 1. The quantitative estimate of drug-likeness (QED) is 0.668. The fraction of sp³-hybridized carbons (Fsp3) is 0.750. The van der Waals surface area contributed by atoms with Crippen molar-refractivity contribution in [3.05, 3.63) is 18.2 Å². The van der Waals surface area contributed by atoms with Crippen molar-refractivity contribution in [1.29, 1.82) is 0 Å². The highest BCUT2D eigenvalue weighted by atomic mass is 32.2. The standard InChI is InChI=1S/C16H29N5S/c1-5-14-12-21(8-9-22-14)16(17-4)19-10-15-18-6-7-20(15)11-13(2)3/h6-7,13-14H,5,8-12H2,1-4H3,(H,17,19). The topological polar surface area (TPSA) is 45.4 Å². The molecular weight excluding hydrogens is 294 g/mol. The van der Waals surface area contributed by atoms with Crippen molar-refractivity contribution < 1.29 is 0 Å². The van der Waals surface area contributed by atoms with Gasteiger partial charge in [0, 0.05) is 50.1 Å². The van der Waals surface area contributed by atoms with E-state index < -0.39 is 0 Å². The molecule has 6 heteroatoms. The third kappa shape index (κ3) is 4.66. The molecule has 124 valence electrons. The molecule has 22 heavy (non-hydrogen) atoms. The van der Waals surface area contributed by atoms with Crippen LogP contribution in [0, 0.1) is 5.92 Å². The van der Waals surface area contributed by atoms with Gasteiger partial charge >= 0.3 is 0 Å². The van der Waals surface area contributed by atoms with Crippen molar-refractivity contribution >= 4 is 17.7 Å². The molecule has 2 rings (SSSR count). The molecule has 1 aliphatic rings. The zero-order valence-electron chi connectivity index (χ0n) is 14.2. The molecule has 2 heterocycles. The van der Waals surface area contributed by atoms with Crippen LogP contribution >= 0.6 is 11.8 Å². The van der Waals surface area contributed by atoms with E-state index in [4.69, 9.17) is 0 Å². The second-order valence-corrected chi connectivity index (χ2v) is 7.55. The molecule has 0 bridgehead atoms. The number of hydrogen-bond donors (Lipinski definition) is 1. The molecule has 1 atom stereocenters. The van der Waals surface area contributed by atoms with E-state index in [1.54, 1.807) is 0 Å². The van der Waals surface area contributed by atoms with Gasteiger partial charge in [-0.05, 0) is 12.3 Å². The second kappa shape index (κ2) is 8.46. The number of nitrogens with zero attached hydrogens (tertiary/aromatic N) is 4. The largest absolute Gasteiger partial charge is 0.349 e. The monoisotopic (exact) mass is 323 g/mol. The Labute approximate surface area is 138 Å². The van der Waals surface area contributed by atoms with Crippen LogP contribution in [0.1, 0.15) is 33.0 Å². The number of hydrogen-bond acceptors (Lipinski definition) is 3. The van der Waals surface area contributed by atoms with Gasteiger partial charge in [-0.15, -0.1) is 0 Å². The average molecular weight is 324 g/mol. The van der Waals surface area contributed by atoms with Crippen LogP contribution in [0.5, 0.6) is 0 Å². The van der Waals surface area contributed by atoms with Crippen LogP contribution in [0.4, 0.5) is 0 Å². The van der Waals surface area contributed by atoms with Crippen molar-refractivity contribution in [1.82, 2.24) is 19.8 Å². The van der Waals surface area contributed by atoms with Crippen molar-refractivity contribution in [2.45, 2.75) is 45.5 Å². The van der Waals surface area contributed by atoms with Gasteiger partial charge in [-0.1, -0.05) is 20.8 Å². The molecule has 0 aliphatic carbocycles. The average Bonchev–Trinajstić information content (AvgIpc) is 2.94. The van der Waals surface area contributed by atoms with Gasteiger partial charge in [0.15, 0.2) is 5.96 Å². The lowest BCUT2D eigenvalue weighted by atomic mass is 10.2. The van der Waals surface area contributed by atoms with E-state index in [1.165, 1.54) is 12.2 Å². The van der Waals surface area contributed by atoms with Gasteiger partial charge in [0.2, 0.25) is 0 Å². The predicted molar refractivity (Wildman–Crippen MR) is 95.4 cm³/mol. The van der Waals surface area contributed by atoms with E-state index in [9.17, 15) is 0 Å². The Hall–Kier alpha value is -1.17. The van der Waals surface area contributed by atoms with Crippen molar-refractivity contribution in [3.63, 3.8) is 0 Å². The van der Waals surface area contributed by atoms with Gasteiger partial charge in [0.1, 0.15) is 5.82 Å². The Morgan fingerprint density at radius 1 is 1.55 bits per heavy atom. The Kier molecular flexibility index (Phi) is 6.61. The zero-order chi connectivity index (χ0) is 15.9. The maximum absolute atomic E-state index is 4.47. The fourth-order valence-electron chi connectivity index (χ4n) is 2.72. The van der Waals surface area contributed by atoms with Crippen molar-refractivity contribution in [2.24, 2.45) is 10.9 Å². The number of aromatic nitrogens is 2. The summed E-state index contributed by atoms with van der Waals surface area (Å²) in [4.78, 5) is 11.3. The summed E-state index contributed by atoms with van der Waals surface area (Å²) >= 11 is 2.08. The first-order valence-corrected chi connectivity index (χ1v) is 9.26. The van der Waals surface area contributed by atoms with Gasteiger partial charge in [0.05, 0.1) is 6.54 Å². The SMILES string of the molecule is CCC1CN(C(=NC)NCc2nccn2CC(C)C)CCS1. The lowest BCUT2D eigenvalue weighted by Gasteiger charge is -2.34.